The molecule has 88 valence electrons. The first-order valence-electron chi connectivity index (χ1n) is 5.97. The predicted octanol–water partition coefficient (Wildman–Crippen LogP) is 1.91. The van der Waals surface area contributed by atoms with E-state index in [0.717, 1.165) is 44.0 Å². The van der Waals surface area contributed by atoms with Gasteiger partial charge in [-0.05, 0) is 31.0 Å². The Morgan fingerprint density at radius 2 is 2.06 bits per heavy atom. The second-order valence-corrected chi connectivity index (χ2v) is 3.97. The van der Waals surface area contributed by atoms with Crippen LogP contribution in [0.1, 0.15) is 24.5 Å². The molecule has 0 saturated carbocycles. The van der Waals surface area contributed by atoms with E-state index < -0.39 is 0 Å². The average Bonchev–Trinajstić information content (AvgIpc) is 2.54. The smallest absolute Gasteiger partial charge is 0.164 e. The molecule has 0 saturated heterocycles. The van der Waals surface area contributed by atoms with Gasteiger partial charge in [0.1, 0.15) is 0 Å². The van der Waals surface area contributed by atoms with Gasteiger partial charge < -0.3 is 15.2 Å². The van der Waals surface area contributed by atoms with Crippen molar-refractivity contribution in [2.24, 2.45) is 5.73 Å². The van der Waals surface area contributed by atoms with Crippen LogP contribution in [0.3, 0.4) is 0 Å². The molecule has 2 N–H and O–H groups in total. The van der Waals surface area contributed by atoms with Gasteiger partial charge in [0.2, 0.25) is 0 Å². The monoisotopic (exact) mass is 221 g/mol. The average molecular weight is 221 g/mol. The summed E-state index contributed by atoms with van der Waals surface area (Å²) in [5, 5.41) is 0. The van der Waals surface area contributed by atoms with Gasteiger partial charge in [-0.15, -0.1) is 0 Å². The van der Waals surface area contributed by atoms with Gasteiger partial charge in [-0.2, -0.15) is 0 Å². The van der Waals surface area contributed by atoms with E-state index in [2.05, 4.69) is 13.0 Å². The van der Waals surface area contributed by atoms with Crippen molar-refractivity contribution >= 4 is 0 Å². The summed E-state index contributed by atoms with van der Waals surface area (Å²) in [6.07, 6.45) is 2.81. The van der Waals surface area contributed by atoms with Gasteiger partial charge >= 0.3 is 0 Å². The van der Waals surface area contributed by atoms with Gasteiger partial charge in [0.05, 0.1) is 13.2 Å². The van der Waals surface area contributed by atoms with Crippen LogP contribution in [0, 0.1) is 0 Å². The third-order valence-corrected chi connectivity index (χ3v) is 2.88. The van der Waals surface area contributed by atoms with E-state index in [1.165, 1.54) is 11.1 Å². The van der Waals surface area contributed by atoms with Crippen LogP contribution in [0.15, 0.2) is 12.1 Å². The summed E-state index contributed by atoms with van der Waals surface area (Å²) in [6, 6.07) is 4.12. The molecular weight excluding hydrogens is 202 g/mol. The van der Waals surface area contributed by atoms with Crippen molar-refractivity contribution < 1.29 is 9.47 Å². The Balaban J connectivity index is 2.41. The minimum Gasteiger partial charge on any atom is -0.490 e. The molecule has 0 amide bonds. The molecule has 0 spiro atoms. The zero-order valence-corrected chi connectivity index (χ0v) is 9.79. The highest BCUT2D eigenvalue weighted by molar-refractivity contribution is 5.51. The first kappa shape index (κ1) is 11.3. The number of fused-ring (bicyclic) bond motifs is 1. The van der Waals surface area contributed by atoms with E-state index >= 15 is 0 Å². The Bertz CT molecular complexity index is 363. The molecule has 1 aliphatic heterocycles. The molecule has 0 radical (unpaired) electrons. The van der Waals surface area contributed by atoms with Crippen molar-refractivity contribution in [1.82, 2.24) is 0 Å². The fourth-order valence-corrected chi connectivity index (χ4v) is 2.11. The van der Waals surface area contributed by atoms with E-state index in [1.54, 1.807) is 0 Å². The van der Waals surface area contributed by atoms with Crippen LogP contribution in [0.25, 0.3) is 0 Å². The summed E-state index contributed by atoms with van der Waals surface area (Å²) in [5.74, 6) is 1.82. The minimum atomic E-state index is 0.673. The lowest BCUT2D eigenvalue weighted by atomic mass is 10.0. The maximum absolute atomic E-state index is 5.79. The van der Waals surface area contributed by atoms with E-state index in [9.17, 15) is 0 Å². The van der Waals surface area contributed by atoms with Gasteiger partial charge in [0.25, 0.3) is 0 Å². The Morgan fingerprint density at radius 3 is 2.81 bits per heavy atom. The Morgan fingerprint density at radius 1 is 1.25 bits per heavy atom. The van der Waals surface area contributed by atoms with Crippen molar-refractivity contribution in [3.63, 3.8) is 0 Å². The van der Waals surface area contributed by atoms with Crippen LogP contribution in [-0.2, 0) is 12.8 Å². The summed E-state index contributed by atoms with van der Waals surface area (Å²) in [6.45, 7) is 4.30. The van der Waals surface area contributed by atoms with Crippen LogP contribution in [0.4, 0.5) is 0 Å². The maximum atomic E-state index is 5.79. The number of nitrogens with two attached hydrogens (primary N) is 1. The summed E-state index contributed by atoms with van der Waals surface area (Å²) >= 11 is 0. The molecule has 1 aliphatic rings. The van der Waals surface area contributed by atoms with Gasteiger partial charge in [0.15, 0.2) is 11.5 Å². The number of rotatable bonds is 3. The molecule has 0 fully saturated rings. The number of hydrogen-bond acceptors (Lipinski definition) is 3. The summed E-state index contributed by atoms with van der Waals surface area (Å²) in [7, 11) is 0. The maximum Gasteiger partial charge on any atom is 0.164 e. The summed E-state index contributed by atoms with van der Waals surface area (Å²) in [4.78, 5) is 0. The van der Waals surface area contributed by atoms with E-state index in [1.807, 2.05) is 6.07 Å². The molecule has 1 aromatic carbocycles. The lowest BCUT2D eigenvalue weighted by Gasteiger charge is -2.15. The first-order valence-corrected chi connectivity index (χ1v) is 5.97. The topological polar surface area (TPSA) is 44.5 Å². The number of ether oxygens (including phenoxy) is 2. The van der Waals surface area contributed by atoms with Crippen LogP contribution >= 0.6 is 0 Å². The zero-order chi connectivity index (χ0) is 11.4. The molecule has 3 heteroatoms. The fourth-order valence-electron chi connectivity index (χ4n) is 2.11. The van der Waals surface area contributed by atoms with Crippen molar-refractivity contribution in [2.45, 2.75) is 26.2 Å². The third-order valence-electron chi connectivity index (χ3n) is 2.88. The molecule has 0 bridgehead atoms. The lowest BCUT2D eigenvalue weighted by molar-refractivity contribution is 0.296. The second-order valence-electron chi connectivity index (χ2n) is 3.97. The standard InChI is InChI=1S/C13H19NO2/c1-2-11-10(6-7-14)4-5-12-13(11)16-9-3-8-15-12/h4-5H,2-3,6-9,14H2,1H3. The third kappa shape index (κ3) is 2.14. The highest BCUT2D eigenvalue weighted by atomic mass is 16.5. The molecule has 16 heavy (non-hydrogen) atoms. The highest BCUT2D eigenvalue weighted by Crippen LogP contribution is 2.35. The van der Waals surface area contributed by atoms with E-state index in [-0.39, 0.29) is 0 Å². The molecule has 1 heterocycles. The van der Waals surface area contributed by atoms with Crippen molar-refractivity contribution in [1.29, 1.82) is 0 Å². The van der Waals surface area contributed by atoms with Crippen molar-refractivity contribution in [3.8, 4) is 11.5 Å². The molecule has 2 rings (SSSR count). The van der Waals surface area contributed by atoms with Crippen LogP contribution in [0.2, 0.25) is 0 Å². The van der Waals surface area contributed by atoms with Crippen LogP contribution in [-0.4, -0.2) is 19.8 Å². The van der Waals surface area contributed by atoms with Crippen LogP contribution in [0.5, 0.6) is 11.5 Å². The van der Waals surface area contributed by atoms with Crippen molar-refractivity contribution in [2.75, 3.05) is 19.8 Å². The fraction of sp³-hybridized carbons (Fsp3) is 0.538. The van der Waals surface area contributed by atoms with Gasteiger partial charge in [-0.3, -0.25) is 0 Å². The largest absolute Gasteiger partial charge is 0.490 e. The molecule has 1 aromatic rings. The minimum absolute atomic E-state index is 0.673. The normalized spacial score (nSPS) is 14.6. The predicted molar refractivity (Wildman–Crippen MR) is 64.2 cm³/mol. The van der Waals surface area contributed by atoms with Gasteiger partial charge in [0, 0.05) is 12.0 Å². The lowest BCUT2D eigenvalue weighted by Crippen LogP contribution is -2.07. The van der Waals surface area contributed by atoms with Gasteiger partial charge in [-0.1, -0.05) is 13.0 Å². The molecule has 0 unspecified atom stereocenters. The Hall–Kier alpha value is -1.22. The molecule has 0 aromatic heterocycles. The van der Waals surface area contributed by atoms with E-state index in [4.69, 9.17) is 15.2 Å². The molecule has 0 aliphatic carbocycles. The van der Waals surface area contributed by atoms with Gasteiger partial charge in [-0.25, -0.2) is 0 Å². The molecule has 3 nitrogen and oxygen atoms in total. The van der Waals surface area contributed by atoms with E-state index in [0.29, 0.717) is 6.54 Å². The quantitative estimate of drug-likeness (QED) is 0.848. The zero-order valence-electron chi connectivity index (χ0n) is 9.79. The first-order chi connectivity index (χ1) is 7.86. The Labute approximate surface area is 96.5 Å². The summed E-state index contributed by atoms with van der Waals surface area (Å²) in [5.41, 5.74) is 8.16. The number of benzene rings is 1. The highest BCUT2D eigenvalue weighted by Gasteiger charge is 2.16. The Kier molecular flexibility index (Phi) is 3.67. The number of hydrogen-bond donors (Lipinski definition) is 1. The van der Waals surface area contributed by atoms with Crippen molar-refractivity contribution in [3.05, 3.63) is 23.3 Å². The second kappa shape index (κ2) is 5.21. The molecular formula is C13H19NO2. The molecule has 0 atom stereocenters. The SMILES string of the molecule is CCc1c(CCN)ccc2c1OCCCO2. The summed E-state index contributed by atoms with van der Waals surface area (Å²) < 4.78 is 11.5. The van der Waals surface area contributed by atoms with Crippen LogP contribution < -0.4 is 15.2 Å².